The Morgan fingerprint density at radius 1 is 1.19 bits per heavy atom. The van der Waals surface area contributed by atoms with Crippen LogP contribution >= 0.6 is 0 Å². The highest BCUT2D eigenvalue weighted by atomic mass is 16.4. The summed E-state index contributed by atoms with van der Waals surface area (Å²) >= 11 is 0. The van der Waals surface area contributed by atoms with Crippen LogP contribution in [0.3, 0.4) is 0 Å². The summed E-state index contributed by atoms with van der Waals surface area (Å²) in [4.78, 5) is 21.1. The van der Waals surface area contributed by atoms with Crippen LogP contribution in [0.15, 0.2) is 24.3 Å². The Labute approximate surface area is 94.3 Å². The summed E-state index contributed by atoms with van der Waals surface area (Å²) < 4.78 is 0. The van der Waals surface area contributed by atoms with E-state index in [1.165, 1.54) is 0 Å². The maximum Gasteiger partial charge on any atom is 0.317 e. The highest BCUT2D eigenvalue weighted by molar-refractivity contribution is 5.78. The summed E-state index contributed by atoms with van der Waals surface area (Å²) in [6.45, 7) is 2.03. The van der Waals surface area contributed by atoms with E-state index in [0.717, 1.165) is 11.1 Å². The van der Waals surface area contributed by atoms with Gasteiger partial charge in [-0.25, -0.2) is 0 Å². The molecule has 0 spiro atoms. The van der Waals surface area contributed by atoms with Crippen molar-refractivity contribution in [2.24, 2.45) is 0 Å². The summed E-state index contributed by atoms with van der Waals surface area (Å²) in [5.74, 6) is -0.732. The monoisotopic (exact) mass is 221 g/mol. The number of ketones is 1. The first-order valence-corrected chi connectivity index (χ1v) is 5.07. The summed E-state index contributed by atoms with van der Waals surface area (Å²) in [7, 11) is 0. The van der Waals surface area contributed by atoms with Gasteiger partial charge in [0.05, 0.1) is 6.54 Å². The number of nitrogens with one attached hydrogen (secondary N) is 1. The van der Waals surface area contributed by atoms with Gasteiger partial charge in [0.2, 0.25) is 0 Å². The molecule has 1 aromatic carbocycles. The largest absolute Gasteiger partial charge is 0.480 e. The van der Waals surface area contributed by atoms with E-state index in [2.05, 4.69) is 5.32 Å². The van der Waals surface area contributed by atoms with Gasteiger partial charge in [-0.15, -0.1) is 0 Å². The zero-order chi connectivity index (χ0) is 12.0. The van der Waals surface area contributed by atoms with Gasteiger partial charge in [0.15, 0.2) is 0 Å². The molecule has 0 saturated heterocycles. The molecule has 4 nitrogen and oxygen atoms in total. The number of Topliss-reactive ketones (excluding diaryl/α,β-unsaturated/α-hetero) is 1. The van der Waals surface area contributed by atoms with E-state index in [0.29, 0.717) is 13.0 Å². The molecule has 4 heteroatoms. The molecule has 0 aliphatic heterocycles. The van der Waals surface area contributed by atoms with Gasteiger partial charge in [0.1, 0.15) is 5.78 Å². The fourth-order valence-electron chi connectivity index (χ4n) is 1.38. The van der Waals surface area contributed by atoms with Gasteiger partial charge in [-0.3, -0.25) is 9.59 Å². The molecule has 0 aromatic heterocycles. The van der Waals surface area contributed by atoms with Crippen molar-refractivity contribution in [1.82, 2.24) is 5.32 Å². The number of hydrogen-bond acceptors (Lipinski definition) is 3. The van der Waals surface area contributed by atoms with Crippen LogP contribution in [0, 0.1) is 0 Å². The molecule has 2 N–H and O–H groups in total. The number of rotatable bonds is 6. The lowest BCUT2D eigenvalue weighted by Crippen LogP contribution is -2.21. The molecular weight excluding hydrogens is 206 g/mol. The minimum Gasteiger partial charge on any atom is -0.480 e. The molecule has 86 valence electrons. The predicted molar refractivity (Wildman–Crippen MR) is 60.2 cm³/mol. The number of hydrogen-bond donors (Lipinski definition) is 2. The summed E-state index contributed by atoms with van der Waals surface area (Å²) in [6, 6.07) is 7.57. The van der Waals surface area contributed by atoms with Gasteiger partial charge in [-0.05, 0) is 18.1 Å². The zero-order valence-electron chi connectivity index (χ0n) is 9.19. The quantitative estimate of drug-likeness (QED) is 0.751. The first-order valence-electron chi connectivity index (χ1n) is 5.07. The van der Waals surface area contributed by atoms with Crippen molar-refractivity contribution in [1.29, 1.82) is 0 Å². The second-order valence-electron chi connectivity index (χ2n) is 3.69. The molecule has 0 unspecified atom stereocenters. The molecule has 1 aromatic rings. The van der Waals surface area contributed by atoms with Crippen molar-refractivity contribution in [3.63, 3.8) is 0 Å². The molecule has 16 heavy (non-hydrogen) atoms. The Morgan fingerprint density at radius 2 is 1.75 bits per heavy atom. The van der Waals surface area contributed by atoms with E-state index < -0.39 is 5.97 Å². The highest BCUT2D eigenvalue weighted by Crippen LogP contribution is 2.05. The predicted octanol–water partition coefficient (Wildman–Crippen LogP) is 0.992. The standard InChI is InChI=1S/C12H15NO3/c1-9(14)6-10-2-4-11(5-3-10)7-13-8-12(15)16/h2-5,13H,6-8H2,1H3,(H,15,16). The van der Waals surface area contributed by atoms with E-state index in [1.807, 2.05) is 24.3 Å². The van der Waals surface area contributed by atoms with Crippen LogP contribution in [0.2, 0.25) is 0 Å². The molecule has 0 bridgehead atoms. The van der Waals surface area contributed by atoms with Crippen molar-refractivity contribution in [3.8, 4) is 0 Å². The lowest BCUT2D eigenvalue weighted by atomic mass is 10.1. The number of aliphatic carboxylic acids is 1. The van der Waals surface area contributed by atoms with E-state index >= 15 is 0 Å². The molecule has 0 aliphatic rings. The zero-order valence-corrected chi connectivity index (χ0v) is 9.19. The molecule has 0 heterocycles. The van der Waals surface area contributed by atoms with E-state index in [1.54, 1.807) is 6.92 Å². The Bertz CT molecular complexity index is 370. The third kappa shape index (κ3) is 4.70. The molecular formula is C12H15NO3. The average Bonchev–Trinajstić information content (AvgIpc) is 2.19. The van der Waals surface area contributed by atoms with Crippen molar-refractivity contribution in [3.05, 3.63) is 35.4 Å². The maximum atomic E-state index is 10.9. The van der Waals surface area contributed by atoms with Gasteiger partial charge >= 0.3 is 5.97 Å². The maximum absolute atomic E-state index is 10.9. The smallest absolute Gasteiger partial charge is 0.317 e. The summed E-state index contributed by atoms with van der Waals surface area (Å²) in [5.41, 5.74) is 1.99. The molecule has 0 aliphatic carbocycles. The topological polar surface area (TPSA) is 66.4 Å². The fourth-order valence-corrected chi connectivity index (χ4v) is 1.38. The van der Waals surface area contributed by atoms with Gasteiger partial charge < -0.3 is 10.4 Å². The number of carboxylic acid groups (broad SMARTS) is 1. The second kappa shape index (κ2) is 6.02. The number of carbonyl (C=O) groups excluding carboxylic acids is 1. The third-order valence-electron chi connectivity index (χ3n) is 2.08. The molecule has 0 atom stereocenters. The summed E-state index contributed by atoms with van der Waals surface area (Å²) in [5, 5.41) is 11.2. The van der Waals surface area contributed by atoms with Crippen LogP contribution in [0.1, 0.15) is 18.1 Å². The first-order chi connectivity index (χ1) is 7.58. The molecule has 0 fully saturated rings. The molecule has 0 saturated carbocycles. The van der Waals surface area contributed by atoms with Gasteiger partial charge in [0.25, 0.3) is 0 Å². The van der Waals surface area contributed by atoms with Crippen LogP contribution in [0.4, 0.5) is 0 Å². The number of benzene rings is 1. The fraction of sp³-hybridized carbons (Fsp3) is 0.333. The highest BCUT2D eigenvalue weighted by Gasteiger charge is 1.99. The Kier molecular flexibility index (Phi) is 4.66. The Hall–Kier alpha value is -1.68. The normalized spacial score (nSPS) is 10.1. The minimum atomic E-state index is -0.867. The lowest BCUT2D eigenvalue weighted by molar-refractivity contribution is -0.136. The first kappa shape index (κ1) is 12.4. The van der Waals surface area contributed by atoms with Crippen molar-refractivity contribution in [2.75, 3.05) is 6.54 Å². The van der Waals surface area contributed by atoms with Gasteiger partial charge in [0, 0.05) is 13.0 Å². The number of carboxylic acids is 1. The summed E-state index contributed by atoms with van der Waals surface area (Å²) in [6.07, 6.45) is 0.447. The molecule has 0 amide bonds. The molecule has 0 radical (unpaired) electrons. The van der Waals surface area contributed by atoms with Gasteiger partial charge in [-0.1, -0.05) is 24.3 Å². The van der Waals surface area contributed by atoms with E-state index in [9.17, 15) is 9.59 Å². The third-order valence-corrected chi connectivity index (χ3v) is 2.08. The average molecular weight is 221 g/mol. The van der Waals surface area contributed by atoms with Gasteiger partial charge in [-0.2, -0.15) is 0 Å². The molecule has 1 rings (SSSR count). The van der Waals surface area contributed by atoms with Crippen molar-refractivity contribution in [2.45, 2.75) is 19.9 Å². The number of carbonyl (C=O) groups is 2. The Balaban J connectivity index is 2.45. The van der Waals surface area contributed by atoms with E-state index in [4.69, 9.17) is 5.11 Å². The van der Waals surface area contributed by atoms with Crippen LogP contribution < -0.4 is 5.32 Å². The minimum absolute atomic E-state index is 0.0464. The van der Waals surface area contributed by atoms with Crippen molar-refractivity contribution >= 4 is 11.8 Å². The lowest BCUT2D eigenvalue weighted by Gasteiger charge is -2.03. The van der Waals surface area contributed by atoms with Crippen LogP contribution in [-0.2, 0) is 22.6 Å². The van der Waals surface area contributed by atoms with Crippen LogP contribution in [0.25, 0.3) is 0 Å². The SMILES string of the molecule is CC(=O)Cc1ccc(CNCC(=O)O)cc1. The van der Waals surface area contributed by atoms with E-state index in [-0.39, 0.29) is 12.3 Å². The van der Waals surface area contributed by atoms with Crippen LogP contribution in [-0.4, -0.2) is 23.4 Å². The van der Waals surface area contributed by atoms with Crippen molar-refractivity contribution < 1.29 is 14.7 Å². The Morgan fingerprint density at radius 3 is 2.25 bits per heavy atom. The van der Waals surface area contributed by atoms with Crippen LogP contribution in [0.5, 0.6) is 0 Å². The second-order valence-corrected chi connectivity index (χ2v) is 3.69.